The van der Waals surface area contributed by atoms with E-state index in [0.717, 1.165) is 6.54 Å². The van der Waals surface area contributed by atoms with Crippen LogP contribution in [-0.2, 0) is 9.53 Å². The van der Waals surface area contributed by atoms with Crippen LogP contribution in [0.2, 0.25) is 0 Å². The second-order valence-electron chi connectivity index (χ2n) is 4.19. The van der Waals surface area contributed by atoms with E-state index in [2.05, 4.69) is 0 Å². The highest BCUT2D eigenvalue weighted by molar-refractivity contribution is 5.73. The molecule has 0 aromatic heterocycles. The van der Waals surface area contributed by atoms with Crippen LogP contribution < -0.4 is 0 Å². The molecule has 14 heavy (non-hydrogen) atoms. The fourth-order valence-electron chi connectivity index (χ4n) is 1.96. The largest absolute Gasteiger partial charge is 0.480 e. The van der Waals surface area contributed by atoms with Crippen molar-refractivity contribution in [1.82, 2.24) is 4.90 Å². The van der Waals surface area contributed by atoms with Gasteiger partial charge in [0, 0.05) is 12.6 Å². The van der Waals surface area contributed by atoms with Gasteiger partial charge in [0.05, 0.1) is 13.2 Å². The quantitative estimate of drug-likeness (QED) is 0.734. The molecule has 0 aromatic carbocycles. The first kappa shape index (κ1) is 11.5. The highest BCUT2D eigenvalue weighted by Gasteiger charge is 2.33. The average molecular weight is 201 g/mol. The molecule has 1 fully saturated rings. The lowest BCUT2D eigenvalue weighted by Crippen LogP contribution is -2.54. The van der Waals surface area contributed by atoms with E-state index in [1.807, 2.05) is 25.7 Å². The monoisotopic (exact) mass is 201 g/mol. The predicted molar refractivity (Wildman–Crippen MR) is 53.2 cm³/mol. The number of hydrogen-bond donors (Lipinski definition) is 1. The zero-order valence-corrected chi connectivity index (χ0v) is 9.06. The molecule has 0 bridgehead atoms. The number of morpholine rings is 1. The molecule has 0 radical (unpaired) electrons. The highest BCUT2D eigenvalue weighted by Crippen LogP contribution is 2.17. The normalized spacial score (nSPS) is 26.4. The Morgan fingerprint density at radius 1 is 1.57 bits per heavy atom. The maximum atomic E-state index is 11.1. The Kier molecular flexibility index (Phi) is 3.89. The van der Waals surface area contributed by atoms with Gasteiger partial charge in [0.1, 0.15) is 6.04 Å². The molecular weight excluding hydrogens is 182 g/mol. The molecule has 0 amide bonds. The van der Waals surface area contributed by atoms with Gasteiger partial charge in [-0.15, -0.1) is 0 Å². The summed E-state index contributed by atoms with van der Waals surface area (Å²) in [6.45, 7) is 7.90. The van der Waals surface area contributed by atoms with E-state index in [1.165, 1.54) is 0 Å². The van der Waals surface area contributed by atoms with Crippen molar-refractivity contribution in [3.63, 3.8) is 0 Å². The van der Waals surface area contributed by atoms with E-state index in [-0.39, 0.29) is 18.0 Å². The van der Waals surface area contributed by atoms with Gasteiger partial charge in [-0.1, -0.05) is 13.8 Å². The first-order valence-electron chi connectivity index (χ1n) is 5.10. The number of carbonyl (C=O) groups is 1. The molecule has 0 aromatic rings. The Hall–Kier alpha value is -0.610. The van der Waals surface area contributed by atoms with E-state index in [4.69, 9.17) is 9.84 Å². The van der Waals surface area contributed by atoms with Gasteiger partial charge in [0.15, 0.2) is 0 Å². The Labute approximate surface area is 84.8 Å². The van der Waals surface area contributed by atoms with Crippen LogP contribution in [0.3, 0.4) is 0 Å². The summed E-state index contributed by atoms with van der Waals surface area (Å²) in [6, 6.07) is -0.179. The molecule has 1 aliphatic rings. The third-order valence-electron chi connectivity index (χ3n) is 2.66. The van der Waals surface area contributed by atoms with Crippen LogP contribution in [0.4, 0.5) is 0 Å². The van der Waals surface area contributed by atoms with Crippen molar-refractivity contribution in [3.05, 3.63) is 0 Å². The number of aliphatic carboxylic acids is 1. The molecule has 1 N–H and O–H groups in total. The van der Waals surface area contributed by atoms with Crippen molar-refractivity contribution >= 4 is 5.97 Å². The first-order valence-corrected chi connectivity index (χ1v) is 5.10. The fraction of sp³-hybridized carbons (Fsp3) is 0.900. The maximum absolute atomic E-state index is 11.1. The second-order valence-corrected chi connectivity index (χ2v) is 4.19. The molecule has 1 aliphatic heterocycles. The smallest absolute Gasteiger partial charge is 0.321 e. The minimum Gasteiger partial charge on any atom is -0.480 e. The number of carboxylic acid groups (broad SMARTS) is 1. The predicted octanol–water partition coefficient (Wildman–Crippen LogP) is 0.816. The van der Waals surface area contributed by atoms with Crippen LogP contribution in [0.25, 0.3) is 0 Å². The van der Waals surface area contributed by atoms with Crippen molar-refractivity contribution in [2.24, 2.45) is 5.92 Å². The molecular formula is C10H19NO3. The Bertz CT molecular complexity index is 206. The van der Waals surface area contributed by atoms with Crippen LogP contribution in [0.1, 0.15) is 20.8 Å². The zero-order chi connectivity index (χ0) is 10.7. The zero-order valence-electron chi connectivity index (χ0n) is 9.06. The van der Waals surface area contributed by atoms with Crippen molar-refractivity contribution < 1.29 is 14.6 Å². The van der Waals surface area contributed by atoms with Gasteiger partial charge in [-0.25, -0.2) is 0 Å². The summed E-state index contributed by atoms with van der Waals surface area (Å²) in [5.41, 5.74) is 0. The number of ether oxygens (including phenoxy) is 1. The third-order valence-corrected chi connectivity index (χ3v) is 2.66. The van der Waals surface area contributed by atoms with Crippen molar-refractivity contribution in [2.45, 2.75) is 32.9 Å². The molecule has 2 unspecified atom stereocenters. The standard InChI is InChI=1S/C10H19NO3/c1-7(2)9(10(12)13)11-4-5-14-6-8(11)3/h7-9H,4-6H2,1-3H3,(H,12,13). The lowest BCUT2D eigenvalue weighted by molar-refractivity contribution is -0.149. The summed E-state index contributed by atoms with van der Waals surface area (Å²) in [7, 11) is 0. The highest BCUT2D eigenvalue weighted by atomic mass is 16.5. The molecule has 2 atom stereocenters. The van der Waals surface area contributed by atoms with E-state index < -0.39 is 5.97 Å². The van der Waals surface area contributed by atoms with Gasteiger partial charge >= 0.3 is 5.97 Å². The summed E-state index contributed by atoms with van der Waals surface area (Å²) >= 11 is 0. The SMILES string of the molecule is CC(C)C(C(=O)O)N1CCOCC1C. The fourth-order valence-corrected chi connectivity index (χ4v) is 1.96. The van der Waals surface area contributed by atoms with Crippen LogP contribution in [0, 0.1) is 5.92 Å². The van der Waals surface area contributed by atoms with Crippen LogP contribution in [-0.4, -0.2) is 47.8 Å². The van der Waals surface area contributed by atoms with E-state index in [0.29, 0.717) is 13.2 Å². The summed E-state index contributed by atoms with van der Waals surface area (Å²) < 4.78 is 5.29. The van der Waals surface area contributed by atoms with E-state index in [1.54, 1.807) is 0 Å². The maximum Gasteiger partial charge on any atom is 0.321 e. The summed E-state index contributed by atoms with van der Waals surface area (Å²) in [4.78, 5) is 13.1. The Morgan fingerprint density at radius 2 is 2.21 bits per heavy atom. The third kappa shape index (κ3) is 2.45. The topological polar surface area (TPSA) is 49.8 Å². The summed E-state index contributed by atoms with van der Waals surface area (Å²) in [6.07, 6.45) is 0. The van der Waals surface area contributed by atoms with Crippen LogP contribution in [0.15, 0.2) is 0 Å². The minimum absolute atomic E-state index is 0.132. The lowest BCUT2D eigenvalue weighted by atomic mass is 10.0. The molecule has 4 heteroatoms. The van der Waals surface area contributed by atoms with Crippen LogP contribution in [0.5, 0.6) is 0 Å². The first-order chi connectivity index (χ1) is 6.54. The van der Waals surface area contributed by atoms with Crippen LogP contribution >= 0.6 is 0 Å². The van der Waals surface area contributed by atoms with E-state index >= 15 is 0 Å². The number of rotatable bonds is 3. The number of carboxylic acids is 1. The lowest BCUT2D eigenvalue weighted by Gasteiger charge is -2.39. The van der Waals surface area contributed by atoms with Gasteiger partial charge in [0.25, 0.3) is 0 Å². The Balaban J connectivity index is 2.70. The summed E-state index contributed by atoms with van der Waals surface area (Å²) in [5, 5.41) is 9.13. The molecule has 1 rings (SSSR count). The molecule has 1 heterocycles. The molecule has 1 saturated heterocycles. The van der Waals surface area contributed by atoms with Crippen molar-refractivity contribution in [3.8, 4) is 0 Å². The van der Waals surface area contributed by atoms with Crippen molar-refractivity contribution in [2.75, 3.05) is 19.8 Å². The average Bonchev–Trinajstić information content (AvgIpc) is 2.07. The number of nitrogens with zero attached hydrogens (tertiary/aromatic N) is 1. The molecule has 0 spiro atoms. The Morgan fingerprint density at radius 3 is 2.64 bits per heavy atom. The molecule has 82 valence electrons. The molecule has 4 nitrogen and oxygen atoms in total. The van der Waals surface area contributed by atoms with Gasteiger partial charge in [-0.05, 0) is 12.8 Å². The molecule has 0 aliphatic carbocycles. The minimum atomic E-state index is -0.728. The van der Waals surface area contributed by atoms with Gasteiger partial charge < -0.3 is 9.84 Å². The summed E-state index contributed by atoms with van der Waals surface area (Å²) in [5.74, 6) is -0.596. The number of hydrogen-bond acceptors (Lipinski definition) is 3. The second kappa shape index (κ2) is 4.75. The van der Waals surface area contributed by atoms with Gasteiger partial charge in [-0.3, -0.25) is 9.69 Å². The van der Waals surface area contributed by atoms with Gasteiger partial charge in [-0.2, -0.15) is 0 Å². The van der Waals surface area contributed by atoms with Gasteiger partial charge in [0.2, 0.25) is 0 Å². The van der Waals surface area contributed by atoms with E-state index in [9.17, 15) is 4.79 Å². The molecule has 0 saturated carbocycles. The van der Waals surface area contributed by atoms with Crippen molar-refractivity contribution in [1.29, 1.82) is 0 Å².